The molecule has 0 aromatic rings. The second-order valence-corrected chi connectivity index (χ2v) is 0.834. The van der Waals surface area contributed by atoms with Crippen LogP contribution in [0, 0.1) is 18.8 Å². The van der Waals surface area contributed by atoms with E-state index >= 15 is 0 Å². The molecule has 1 radical (unpaired) electrons. The lowest BCUT2D eigenvalue weighted by molar-refractivity contribution is 1.63. The molecule has 0 spiro atoms. The third-order valence-corrected chi connectivity index (χ3v) is 0.349. The van der Waals surface area contributed by atoms with Crippen molar-refractivity contribution in [2.45, 2.75) is 0 Å². The zero-order valence-electron chi connectivity index (χ0n) is 2.74. The molecule has 5 heavy (non-hydrogen) atoms. The third-order valence-electron chi connectivity index (χ3n) is 0.195. The smallest absolute Gasteiger partial charge is 0.0484 e. The lowest BCUT2D eigenvalue weighted by Gasteiger charge is -1.66. The van der Waals surface area contributed by atoms with Crippen LogP contribution in [0.4, 0.5) is 0 Å². The Hall–Kier alpha value is -0.150. The van der Waals surface area contributed by atoms with Crippen molar-refractivity contribution < 1.29 is 0 Å². The highest BCUT2D eigenvalue weighted by Crippen LogP contribution is 1.74. The predicted molar refractivity (Wildman–Crippen MR) is 23.9 cm³/mol. The summed E-state index contributed by atoms with van der Waals surface area (Å²) in [5.41, 5.74) is 0. The molecule has 0 saturated carbocycles. The van der Waals surface area contributed by atoms with Gasteiger partial charge in [0.15, 0.2) is 0 Å². The highest BCUT2D eigenvalue weighted by Gasteiger charge is 1.65. The van der Waals surface area contributed by atoms with E-state index in [1.54, 1.807) is 6.42 Å². The fourth-order valence-electron chi connectivity index (χ4n) is 0.0445. The zero-order valence-corrected chi connectivity index (χ0v) is 3.50. The number of terminal acetylenes is 1. The van der Waals surface area contributed by atoms with Crippen molar-refractivity contribution >= 4 is 11.6 Å². The summed E-state index contributed by atoms with van der Waals surface area (Å²) in [6.45, 7) is 0. The van der Waals surface area contributed by atoms with Gasteiger partial charge in [-0.2, -0.15) is 0 Å². The minimum Gasteiger partial charge on any atom is -0.125 e. The number of rotatable bonds is 1. The quantitative estimate of drug-likeness (QED) is 0.331. The minimum absolute atomic E-state index is 0.455. The Morgan fingerprint density at radius 1 is 2.00 bits per heavy atom. The lowest BCUT2D eigenvalue weighted by Crippen LogP contribution is -1.63. The maximum absolute atomic E-state index is 5.10. The van der Waals surface area contributed by atoms with Crippen LogP contribution in [0.2, 0.25) is 0 Å². The van der Waals surface area contributed by atoms with Gasteiger partial charge in [-0.3, -0.25) is 0 Å². The van der Waals surface area contributed by atoms with Gasteiger partial charge in [0.1, 0.15) is 0 Å². The molecular formula is C4H4Cl. The summed E-state index contributed by atoms with van der Waals surface area (Å²) in [4.78, 5) is 0. The van der Waals surface area contributed by atoms with Crippen LogP contribution in [0.3, 0.4) is 0 Å². The first-order valence-corrected chi connectivity index (χ1v) is 1.79. The first-order valence-electron chi connectivity index (χ1n) is 1.25. The Morgan fingerprint density at radius 2 is 2.60 bits per heavy atom. The van der Waals surface area contributed by atoms with Gasteiger partial charge in [0.05, 0.1) is 0 Å². The van der Waals surface area contributed by atoms with Crippen LogP contribution in [0.5, 0.6) is 0 Å². The Labute approximate surface area is 37.1 Å². The molecule has 0 aliphatic rings. The monoisotopic (exact) mass is 87.0 g/mol. The van der Waals surface area contributed by atoms with Crippen LogP contribution in [0.1, 0.15) is 0 Å². The van der Waals surface area contributed by atoms with Gasteiger partial charge in [-0.15, -0.1) is 23.9 Å². The summed E-state index contributed by atoms with van der Waals surface area (Å²) in [7, 11) is 0. The summed E-state index contributed by atoms with van der Waals surface area (Å²) in [5.74, 6) is 2.72. The van der Waals surface area contributed by atoms with E-state index in [-0.39, 0.29) is 0 Å². The van der Waals surface area contributed by atoms with E-state index in [9.17, 15) is 0 Å². The summed E-state index contributed by atoms with van der Waals surface area (Å²) in [6.07, 6.45) is 6.29. The van der Waals surface area contributed by atoms with Gasteiger partial charge in [0.2, 0.25) is 0 Å². The van der Waals surface area contributed by atoms with Gasteiger partial charge in [0, 0.05) is 12.3 Å². The van der Waals surface area contributed by atoms with Crippen LogP contribution >= 0.6 is 11.6 Å². The van der Waals surface area contributed by atoms with Gasteiger partial charge in [-0.05, 0) is 0 Å². The molecule has 0 bridgehead atoms. The third kappa shape index (κ3) is 3.85. The Balaban J connectivity index is 2.48. The molecule has 0 atom stereocenters. The minimum atomic E-state index is 0.455. The van der Waals surface area contributed by atoms with Crippen molar-refractivity contribution in [2.75, 3.05) is 5.88 Å². The van der Waals surface area contributed by atoms with Gasteiger partial charge in [-0.1, -0.05) is 0 Å². The molecule has 0 unspecified atom stereocenters. The van der Waals surface area contributed by atoms with Crippen molar-refractivity contribution in [2.24, 2.45) is 0 Å². The van der Waals surface area contributed by atoms with Crippen molar-refractivity contribution in [1.29, 1.82) is 0 Å². The Kier molecular flexibility index (Phi) is 3.73. The van der Waals surface area contributed by atoms with Crippen molar-refractivity contribution in [1.82, 2.24) is 0 Å². The van der Waals surface area contributed by atoms with Gasteiger partial charge in [-0.25, -0.2) is 0 Å². The summed E-state index contributed by atoms with van der Waals surface area (Å²) in [6, 6.07) is 0. The van der Waals surface area contributed by atoms with E-state index in [2.05, 4.69) is 5.92 Å². The van der Waals surface area contributed by atoms with E-state index in [1.807, 2.05) is 0 Å². The Morgan fingerprint density at radius 3 is 2.60 bits per heavy atom. The van der Waals surface area contributed by atoms with Gasteiger partial charge < -0.3 is 0 Å². The number of alkyl halides is 1. The van der Waals surface area contributed by atoms with Crippen molar-refractivity contribution in [3.8, 4) is 12.3 Å². The molecule has 1 heteroatoms. The topological polar surface area (TPSA) is 0 Å². The van der Waals surface area contributed by atoms with Crippen molar-refractivity contribution in [3.05, 3.63) is 6.42 Å². The predicted octanol–water partition coefficient (Wildman–Crippen LogP) is 1.06. The maximum Gasteiger partial charge on any atom is 0.0484 e. The molecule has 0 aliphatic heterocycles. The van der Waals surface area contributed by atoms with E-state index in [0.717, 1.165) is 0 Å². The highest BCUT2D eigenvalue weighted by molar-refractivity contribution is 6.18. The molecule has 27 valence electrons. The second-order valence-electron chi connectivity index (χ2n) is 0.525. The van der Waals surface area contributed by atoms with E-state index in [1.165, 1.54) is 0 Å². The second kappa shape index (κ2) is 3.85. The molecule has 0 amide bonds. The zero-order chi connectivity index (χ0) is 4.12. The first kappa shape index (κ1) is 4.85. The average molecular weight is 87.5 g/mol. The molecule has 0 aromatic heterocycles. The van der Waals surface area contributed by atoms with Crippen LogP contribution < -0.4 is 0 Å². The number of hydrogen-bond donors (Lipinski definition) is 0. The SMILES string of the molecule is C#C[CH]CCl. The average Bonchev–Trinajstić information content (AvgIpc) is 1.41. The van der Waals surface area contributed by atoms with Gasteiger partial charge in [0.25, 0.3) is 0 Å². The molecule has 0 saturated heterocycles. The van der Waals surface area contributed by atoms with E-state index in [0.29, 0.717) is 5.88 Å². The fourth-order valence-corrected chi connectivity index (χ4v) is 0.134. The molecular weight excluding hydrogens is 83.5 g/mol. The molecule has 0 heterocycles. The molecule has 0 nitrogen and oxygen atoms in total. The lowest BCUT2D eigenvalue weighted by atomic mass is 10.5. The van der Waals surface area contributed by atoms with Crippen LogP contribution in [0.25, 0.3) is 0 Å². The molecule has 0 N–H and O–H groups in total. The molecule has 0 aliphatic carbocycles. The standard InChI is InChI=1S/C4H4Cl/c1-2-3-4-5/h1,3H,4H2. The van der Waals surface area contributed by atoms with Gasteiger partial charge >= 0.3 is 0 Å². The normalized spacial score (nSPS) is 6.40. The Bertz CT molecular complexity index is 42.1. The number of hydrogen-bond acceptors (Lipinski definition) is 0. The van der Waals surface area contributed by atoms with Crippen LogP contribution in [0.15, 0.2) is 0 Å². The summed E-state index contributed by atoms with van der Waals surface area (Å²) in [5, 5.41) is 0. The first-order chi connectivity index (χ1) is 2.41. The molecule has 0 fully saturated rings. The van der Waals surface area contributed by atoms with Crippen LogP contribution in [-0.2, 0) is 0 Å². The highest BCUT2D eigenvalue weighted by atomic mass is 35.5. The fraction of sp³-hybridized carbons (Fsp3) is 0.250. The van der Waals surface area contributed by atoms with E-state index in [4.69, 9.17) is 18.0 Å². The molecule has 0 aromatic carbocycles. The summed E-state index contributed by atoms with van der Waals surface area (Å²) >= 11 is 5.10. The molecule has 0 rings (SSSR count). The summed E-state index contributed by atoms with van der Waals surface area (Å²) < 4.78 is 0. The maximum atomic E-state index is 5.10. The largest absolute Gasteiger partial charge is 0.125 e. The van der Waals surface area contributed by atoms with Crippen LogP contribution in [-0.4, -0.2) is 5.88 Å². The number of halogens is 1. The van der Waals surface area contributed by atoms with E-state index < -0.39 is 0 Å². The van der Waals surface area contributed by atoms with Crippen molar-refractivity contribution in [3.63, 3.8) is 0 Å².